The van der Waals surface area contributed by atoms with Gasteiger partial charge in [0.15, 0.2) is 0 Å². The Hall–Kier alpha value is -1.40. The molecule has 28 heavy (non-hydrogen) atoms. The average molecular weight is 397 g/mol. The van der Waals surface area contributed by atoms with Gasteiger partial charge in [-0.05, 0) is 49.4 Å². The first-order valence-electron chi connectivity index (χ1n) is 10.6. The van der Waals surface area contributed by atoms with Crippen molar-refractivity contribution >= 4 is 11.9 Å². The molecule has 2 fully saturated rings. The second-order valence-electron chi connectivity index (χ2n) is 8.46. The Morgan fingerprint density at radius 1 is 1.07 bits per heavy atom. The lowest BCUT2D eigenvalue weighted by atomic mass is 9.68. The van der Waals surface area contributed by atoms with Crippen molar-refractivity contribution in [2.45, 2.75) is 53.4 Å². The van der Waals surface area contributed by atoms with Crippen LogP contribution in [0.1, 0.15) is 53.4 Å². The Morgan fingerprint density at radius 2 is 1.82 bits per heavy atom. The molecule has 0 saturated heterocycles. The zero-order valence-electron chi connectivity index (χ0n) is 17.8. The predicted molar refractivity (Wildman–Crippen MR) is 105 cm³/mol. The summed E-state index contributed by atoms with van der Waals surface area (Å²) in [6, 6.07) is 0. The summed E-state index contributed by atoms with van der Waals surface area (Å²) in [7, 11) is 0. The summed E-state index contributed by atoms with van der Waals surface area (Å²) < 4.78 is 10.4. The summed E-state index contributed by atoms with van der Waals surface area (Å²) in [6.45, 7) is 13.0. The maximum atomic E-state index is 12.1. The first-order valence-corrected chi connectivity index (χ1v) is 10.6. The molecule has 0 amide bonds. The Kier molecular flexibility index (Phi) is 8.50. The molecule has 2 saturated carbocycles. The highest BCUT2D eigenvalue weighted by Gasteiger charge is 2.60. The van der Waals surface area contributed by atoms with Crippen LogP contribution in [0.25, 0.3) is 0 Å². The maximum absolute atomic E-state index is 12.1. The molecule has 0 radical (unpaired) electrons. The maximum Gasteiger partial charge on any atom is 0.315 e. The lowest BCUT2D eigenvalue weighted by Crippen LogP contribution is -2.31. The third-order valence-corrected chi connectivity index (χ3v) is 6.82. The van der Waals surface area contributed by atoms with Crippen LogP contribution in [0, 0.1) is 35.0 Å². The third-order valence-electron chi connectivity index (χ3n) is 6.82. The van der Waals surface area contributed by atoms with E-state index in [-0.39, 0.29) is 37.7 Å². The fraction of sp³-hybridized carbons (Fsp3) is 0.818. The molecule has 0 heterocycles. The molecule has 0 N–H and O–H groups in total. The minimum Gasteiger partial charge on any atom is -0.465 e. The number of rotatable bonds is 11. The predicted octanol–water partition coefficient (Wildman–Crippen LogP) is 3.94. The number of hydrogen-bond donors (Lipinski definition) is 0. The van der Waals surface area contributed by atoms with Crippen molar-refractivity contribution in [1.82, 2.24) is 0 Å². The largest absolute Gasteiger partial charge is 0.465 e. The summed E-state index contributed by atoms with van der Waals surface area (Å²) in [5.74, 6) is 1.88. The van der Waals surface area contributed by atoms with Gasteiger partial charge in [0.1, 0.15) is 18.6 Å². The third kappa shape index (κ3) is 5.57. The molecule has 0 aromatic heterocycles. The quantitative estimate of drug-likeness (QED) is 0.173. The number of hydrogen-bond acceptors (Lipinski definition) is 6. The molecule has 0 spiro atoms. The molecular formula is C22H36O6. The number of esters is 2. The van der Waals surface area contributed by atoms with Crippen molar-refractivity contribution in [1.29, 1.82) is 0 Å². The van der Waals surface area contributed by atoms with Crippen LogP contribution in [-0.4, -0.2) is 38.4 Å². The van der Waals surface area contributed by atoms with Gasteiger partial charge in [-0.2, -0.15) is 0 Å². The topological polar surface area (TPSA) is 71.1 Å². The zero-order valence-corrected chi connectivity index (χ0v) is 17.8. The van der Waals surface area contributed by atoms with E-state index < -0.39 is 5.41 Å². The van der Waals surface area contributed by atoms with Gasteiger partial charge < -0.3 is 9.47 Å². The van der Waals surface area contributed by atoms with Gasteiger partial charge >= 0.3 is 11.9 Å². The first-order chi connectivity index (χ1) is 13.4. The first kappa shape index (κ1) is 22.9. The smallest absolute Gasteiger partial charge is 0.315 e. The Bertz CT molecular complexity index is 547. The molecule has 6 atom stereocenters. The second kappa shape index (κ2) is 10.4. The molecule has 160 valence electrons. The molecule has 0 aromatic carbocycles. The van der Waals surface area contributed by atoms with E-state index in [1.807, 2.05) is 0 Å². The van der Waals surface area contributed by atoms with Gasteiger partial charge in [0.25, 0.3) is 0 Å². The van der Waals surface area contributed by atoms with Crippen LogP contribution in [0.3, 0.4) is 0 Å². The molecule has 2 aliphatic carbocycles. The van der Waals surface area contributed by atoms with E-state index in [9.17, 15) is 9.59 Å². The highest BCUT2D eigenvalue weighted by molar-refractivity contribution is 5.81. The summed E-state index contributed by atoms with van der Waals surface area (Å²) in [5.41, 5.74) is -0.681. The van der Waals surface area contributed by atoms with Gasteiger partial charge in [-0.15, -0.1) is 6.58 Å². The van der Waals surface area contributed by atoms with E-state index in [1.165, 1.54) is 6.42 Å². The Labute approximate surface area is 168 Å². The van der Waals surface area contributed by atoms with E-state index in [2.05, 4.69) is 27.4 Å². The molecule has 0 aliphatic heterocycles. The van der Waals surface area contributed by atoms with Crippen molar-refractivity contribution in [3.63, 3.8) is 0 Å². The van der Waals surface area contributed by atoms with Gasteiger partial charge in [-0.1, -0.05) is 33.3 Å². The number of allylic oxidation sites excluding steroid dienone is 1. The van der Waals surface area contributed by atoms with Gasteiger partial charge in [0, 0.05) is 6.42 Å². The van der Waals surface area contributed by atoms with Crippen LogP contribution in [0.2, 0.25) is 0 Å². The van der Waals surface area contributed by atoms with Crippen LogP contribution in [0.4, 0.5) is 0 Å². The van der Waals surface area contributed by atoms with Gasteiger partial charge in [0.2, 0.25) is 0 Å². The highest BCUT2D eigenvalue weighted by atomic mass is 17.2. The monoisotopic (exact) mass is 396 g/mol. The second-order valence-corrected chi connectivity index (χ2v) is 8.46. The average Bonchev–Trinajstić information content (AvgIpc) is 3.40. The van der Waals surface area contributed by atoms with Crippen molar-refractivity contribution in [3.8, 4) is 0 Å². The molecule has 2 aliphatic rings. The van der Waals surface area contributed by atoms with Crippen molar-refractivity contribution in [2.24, 2.45) is 35.0 Å². The lowest BCUT2D eigenvalue weighted by molar-refractivity contribution is -0.306. The van der Waals surface area contributed by atoms with E-state index in [0.717, 1.165) is 12.3 Å². The minimum atomic E-state index is -0.681. The number of carbonyl (C=O) groups excluding carboxylic acids is 2. The fourth-order valence-corrected chi connectivity index (χ4v) is 4.28. The summed E-state index contributed by atoms with van der Waals surface area (Å²) in [4.78, 5) is 34.5. The molecule has 6 heteroatoms. The Balaban J connectivity index is 1.60. The van der Waals surface area contributed by atoms with Gasteiger partial charge in [-0.25, -0.2) is 9.78 Å². The van der Waals surface area contributed by atoms with Gasteiger partial charge in [0.05, 0.1) is 13.2 Å². The SMILES string of the molecule is C=CC1CC1(COOCCOC(=O)CC1CCC(C)C(C)C1C)C(=O)OCC. The van der Waals surface area contributed by atoms with Gasteiger partial charge in [-0.3, -0.25) is 9.59 Å². The van der Waals surface area contributed by atoms with E-state index in [4.69, 9.17) is 19.2 Å². The standard InChI is InChI=1S/C22H36O6/c1-6-19-13-22(19,21(24)25-7-2)14-28-27-11-10-26-20(23)12-18-9-8-15(3)16(4)17(18)5/h6,15-19H,1,7-14H2,2-5H3. The molecule has 6 nitrogen and oxygen atoms in total. The molecule has 0 aromatic rings. The fourth-order valence-electron chi connectivity index (χ4n) is 4.28. The van der Waals surface area contributed by atoms with E-state index >= 15 is 0 Å². The van der Waals surface area contributed by atoms with Crippen molar-refractivity contribution in [2.75, 3.05) is 26.4 Å². The summed E-state index contributed by atoms with van der Waals surface area (Å²) in [6.07, 6.45) is 5.13. The number of ether oxygens (including phenoxy) is 2. The normalized spacial score (nSPS) is 34.5. The van der Waals surface area contributed by atoms with Crippen molar-refractivity contribution < 1.29 is 28.8 Å². The van der Waals surface area contributed by atoms with Crippen LogP contribution in [0.5, 0.6) is 0 Å². The summed E-state index contributed by atoms with van der Waals surface area (Å²) in [5, 5.41) is 0. The Morgan fingerprint density at radius 3 is 2.46 bits per heavy atom. The van der Waals surface area contributed by atoms with Crippen LogP contribution in [0.15, 0.2) is 12.7 Å². The molecule has 0 bridgehead atoms. The molecular weight excluding hydrogens is 360 g/mol. The van der Waals surface area contributed by atoms with Crippen molar-refractivity contribution in [3.05, 3.63) is 12.7 Å². The van der Waals surface area contributed by atoms with Crippen LogP contribution < -0.4 is 0 Å². The lowest BCUT2D eigenvalue weighted by Gasteiger charge is -2.38. The zero-order chi connectivity index (χ0) is 20.7. The molecule has 6 unspecified atom stereocenters. The summed E-state index contributed by atoms with van der Waals surface area (Å²) >= 11 is 0. The van der Waals surface area contributed by atoms with Crippen LogP contribution >= 0.6 is 0 Å². The number of carbonyl (C=O) groups is 2. The molecule has 2 rings (SSSR count). The highest BCUT2D eigenvalue weighted by Crippen LogP contribution is 2.54. The van der Waals surface area contributed by atoms with E-state index in [1.54, 1.807) is 13.0 Å². The van der Waals surface area contributed by atoms with Crippen LogP contribution in [-0.2, 0) is 28.8 Å². The minimum absolute atomic E-state index is 0.0515. The van der Waals surface area contributed by atoms with E-state index in [0.29, 0.717) is 37.2 Å².